The van der Waals surface area contributed by atoms with Gasteiger partial charge >= 0.3 is 11.9 Å². The molecule has 2 rings (SSSR count). The topological polar surface area (TPSA) is 138 Å². The van der Waals surface area contributed by atoms with E-state index in [1.54, 1.807) is 0 Å². The van der Waals surface area contributed by atoms with Crippen LogP contribution in [0.3, 0.4) is 0 Å². The minimum absolute atomic E-state index is 0.0322. The van der Waals surface area contributed by atoms with E-state index in [0.717, 1.165) is 16.7 Å². The second-order valence-electron chi connectivity index (χ2n) is 5.38. The summed E-state index contributed by atoms with van der Waals surface area (Å²) in [5, 5.41) is 28.8. The molecule has 0 saturated carbocycles. The molecule has 1 saturated heterocycles. The third kappa shape index (κ3) is 5.15. The first-order chi connectivity index (χ1) is 13.1. The van der Waals surface area contributed by atoms with E-state index in [9.17, 15) is 29.6 Å². The molecule has 28 heavy (non-hydrogen) atoms. The second-order valence-corrected chi connectivity index (χ2v) is 7.49. The Labute approximate surface area is 172 Å². The molecule has 1 atom stereocenters. The normalized spacial score (nSPS) is 17.1. The van der Waals surface area contributed by atoms with Gasteiger partial charge in [-0.2, -0.15) is 0 Å². The number of nitro groups is 1. The number of carboxylic acid groups (broad SMARTS) is 2. The lowest BCUT2D eigenvalue weighted by Crippen LogP contribution is -2.45. The zero-order valence-corrected chi connectivity index (χ0v) is 16.2. The van der Waals surface area contributed by atoms with Crippen LogP contribution in [0.1, 0.15) is 12.0 Å². The maximum atomic E-state index is 12.5. The number of carbonyl (C=O) groups is 3. The summed E-state index contributed by atoms with van der Waals surface area (Å²) in [6.07, 6.45) is 1.91. The van der Waals surface area contributed by atoms with Gasteiger partial charge in [0.15, 0.2) is 0 Å². The Bertz CT molecular complexity index is 927. The summed E-state index contributed by atoms with van der Waals surface area (Å²) in [5.74, 6) is -3.65. The van der Waals surface area contributed by atoms with Crippen LogP contribution in [0.15, 0.2) is 40.3 Å². The van der Waals surface area contributed by atoms with Crippen LogP contribution in [0.2, 0.25) is 0 Å². The van der Waals surface area contributed by atoms with Gasteiger partial charge in [0.25, 0.3) is 11.6 Å². The molecule has 1 aliphatic heterocycles. The molecule has 1 aliphatic rings. The first-order valence-electron chi connectivity index (χ1n) is 7.43. The number of hydrogen-bond donors (Lipinski definition) is 2. The van der Waals surface area contributed by atoms with Crippen molar-refractivity contribution in [2.24, 2.45) is 0 Å². The van der Waals surface area contributed by atoms with Gasteiger partial charge in [-0.3, -0.25) is 24.6 Å². The minimum atomic E-state index is -1.63. The molecule has 2 N–H and O–H groups in total. The summed E-state index contributed by atoms with van der Waals surface area (Å²) in [6, 6.07) is 3.88. The molecule has 0 radical (unpaired) electrons. The number of amides is 1. The Morgan fingerprint density at radius 1 is 1.32 bits per heavy atom. The zero-order chi connectivity index (χ0) is 21.0. The first kappa shape index (κ1) is 21.5. The van der Waals surface area contributed by atoms with Crippen molar-refractivity contribution in [3.05, 3.63) is 56.0 Å². The summed E-state index contributed by atoms with van der Waals surface area (Å²) in [6.45, 7) is 0. The molecule has 1 unspecified atom stereocenters. The van der Waals surface area contributed by atoms with Crippen LogP contribution >= 0.6 is 35.6 Å². The van der Waals surface area contributed by atoms with Gasteiger partial charge in [-0.25, -0.2) is 4.79 Å². The minimum Gasteiger partial charge on any atom is -0.481 e. The van der Waals surface area contributed by atoms with Crippen LogP contribution in [-0.4, -0.2) is 48.2 Å². The number of carbonyl (C=O) groups excluding carboxylic acids is 1. The van der Waals surface area contributed by atoms with E-state index in [-0.39, 0.29) is 19.9 Å². The Kier molecular flexibility index (Phi) is 6.89. The molecule has 9 nitrogen and oxygen atoms in total. The number of hydrogen-bond acceptors (Lipinski definition) is 7. The average Bonchev–Trinajstić information content (AvgIpc) is 2.86. The maximum Gasteiger partial charge on any atom is 0.327 e. The van der Waals surface area contributed by atoms with Gasteiger partial charge in [0, 0.05) is 17.2 Å². The molecule has 0 spiro atoms. The van der Waals surface area contributed by atoms with E-state index in [1.807, 2.05) is 0 Å². The van der Waals surface area contributed by atoms with Crippen molar-refractivity contribution in [3.63, 3.8) is 0 Å². The number of benzene rings is 1. The molecule has 1 fully saturated rings. The van der Waals surface area contributed by atoms with Crippen molar-refractivity contribution in [2.45, 2.75) is 12.5 Å². The maximum absolute atomic E-state index is 12.5. The highest BCUT2D eigenvalue weighted by atomic mass is 35.5. The standard InChI is InChI=1S/C16H11ClN2O7S2/c17-9(5-8-1-3-10(4-2-8)19(25)26)6-12-14(22)18(16(27)28-12)11(15(23)24)7-13(20)21/h1-6,11H,7H2,(H,20,21)(H,23,24)/b9-5+,12-6-. The van der Waals surface area contributed by atoms with Crippen molar-refractivity contribution in [1.82, 2.24) is 4.90 Å². The largest absolute Gasteiger partial charge is 0.481 e. The predicted molar refractivity (Wildman–Crippen MR) is 106 cm³/mol. The van der Waals surface area contributed by atoms with Crippen molar-refractivity contribution in [1.29, 1.82) is 0 Å². The Hall–Kier alpha value is -2.76. The summed E-state index contributed by atoms with van der Waals surface area (Å²) in [5.41, 5.74) is 0.448. The van der Waals surface area contributed by atoms with E-state index >= 15 is 0 Å². The van der Waals surface area contributed by atoms with E-state index in [1.165, 1.54) is 36.4 Å². The number of thiocarbonyl (C=S) groups is 1. The summed E-state index contributed by atoms with van der Waals surface area (Å²) in [4.78, 5) is 45.6. The van der Waals surface area contributed by atoms with Gasteiger partial charge < -0.3 is 10.2 Å². The van der Waals surface area contributed by atoms with Crippen molar-refractivity contribution in [3.8, 4) is 0 Å². The van der Waals surface area contributed by atoms with Crippen LogP contribution in [0.5, 0.6) is 0 Å². The molecule has 146 valence electrons. The highest BCUT2D eigenvalue weighted by molar-refractivity contribution is 8.26. The molecule has 12 heteroatoms. The molecule has 1 aromatic rings. The number of nitrogens with zero attached hydrogens (tertiary/aromatic N) is 2. The van der Waals surface area contributed by atoms with Crippen LogP contribution in [0.25, 0.3) is 6.08 Å². The van der Waals surface area contributed by atoms with E-state index in [0.29, 0.717) is 5.56 Å². The van der Waals surface area contributed by atoms with Crippen molar-refractivity contribution >= 4 is 69.5 Å². The summed E-state index contributed by atoms with van der Waals surface area (Å²) >= 11 is 11.9. The number of non-ortho nitro benzene ring substituents is 1. The SMILES string of the molecule is O=C(O)CC(C(=O)O)N1C(=O)/C(=C/C(Cl)=C\c2ccc([N+](=O)[O-])cc2)SC1=S. The number of aliphatic carboxylic acids is 2. The van der Waals surface area contributed by atoms with Crippen LogP contribution in [0, 0.1) is 10.1 Å². The fourth-order valence-corrected chi connectivity index (χ4v) is 3.87. The van der Waals surface area contributed by atoms with Crippen molar-refractivity contribution < 1.29 is 29.5 Å². The molecular weight excluding hydrogens is 432 g/mol. The van der Waals surface area contributed by atoms with Crippen LogP contribution < -0.4 is 0 Å². The average molecular weight is 443 g/mol. The number of allylic oxidation sites excluding steroid dienone is 2. The van der Waals surface area contributed by atoms with Gasteiger partial charge in [-0.15, -0.1) is 0 Å². The lowest BCUT2D eigenvalue weighted by atomic mass is 10.1. The quantitative estimate of drug-likeness (QED) is 0.282. The number of nitro benzene ring substituents is 1. The molecule has 0 aliphatic carbocycles. The summed E-state index contributed by atoms with van der Waals surface area (Å²) < 4.78 is -0.0929. The highest BCUT2D eigenvalue weighted by Gasteiger charge is 2.41. The molecule has 0 aromatic heterocycles. The Morgan fingerprint density at radius 2 is 1.93 bits per heavy atom. The van der Waals surface area contributed by atoms with Gasteiger partial charge in [0.05, 0.1) is 16.2 Å². The van der Waals surface area contributed by atoms with Gasteiger partial charge in [-0.1, -0.05) is 35.6 Å². The van der Waals surface area contributed by atoms with Crippen LogP contribution in [0.4, 0.5) is 5.69 Å². The van der Waals surface area contributed by atoms with E-state index in [2.05, 4.69) is 0 Å². The van der Waals surface area contributed by atoms with Crippen LogP contribution in [-0.2, 0) is 14.4 Å². The smallest absolute Gasteiger partial charge is 0.327 e. The molecule has 1 amide bonds. The first-order valence-corrected chi connectivity index (χ1v) is 9.03. The van der Waals surface area contributed by atoms with Gasteiger partial charge in [0.1, 0.15) is 10.4 Å². The lowest BCUT2D eigenvalue weighted by molar-refractivity contribution is -0.384. The number of carboxylic acids is 2. The number of thioether (sulfide) groups is 1. The monoisotopic (exact) mass is 442 g/mol. The highest BCUT2D eigenvalue weighted by Crippen LogP contribution is 2.34. The molecular formula is C16H11ClN2O7S2. The molecule has 1 heterocycles. The van der Waals surface area contributed by atoms with E-state index in [4.69, 9.17) is 28.9 Å². The second kappa shape index (κ2) is 8.95. The predicted octanol–water partition coefficient (Wildman–Crippen LogP) is 2.85. The third-order valence-corrected chi connectivity index (χ3v) is 5.01. The summed E-state index contributed by atoms with van der Waals surface area (Å²) in [7, 11) is 0. The Morgan fingerprint density at radius 3 is 2.43 bits per heavy atom. The fraction of sp³-hybridized carbons (Fsp3) is 0.125. The lowest BCUT2D eigenvalue weighted by Gasteiger charge is -2.21. The van der Waals surface area contributed by atoms with Gasteiger partial charge in [0.2, 0.25) is 0 Å². The molecule has 1 aromatic carbocycles. The fourth-order valence-electron chi connectivity index (χ4n) is 2.22. The third-order valence-electron chi connectivity index (χ3n) is 3.47. The van der Waals surface area contributed by atoms with Gasteiger partial charge in [-0.05, 0) is 29.8 Å². The Balaban J connectivity index is 2.25. The van der Waals surface area contributed by atoms with Crippen molar-refractivity contribution in [2.75, 3.05) is 0 Å². The van der Waals surface area contributed by atoms with E-state index < -0.39 is 35.2 Å². The molecule has 0 bridgehead atoms. The zero-order valence-electron chi connectivity index (χ0n) is 13.8. The number of rotatable bonds is 7. The number of halogens is 1.